The van der Waals surface area contributed by atoms with Gasteiger partial charge >= 0.3 is 0 Å². The van der Waals surface area contributed by atoms with Crippen LogP contribution in [0, 0.1) is 0 Å². The first-order valence-electron chi connectivity index (χ1n) is 3.87. The molecule has 1 N–H and O–H groups in total. The molecule has 0 saturated carbocycles. The Morgan fingerprint density at radius 3 is 2.23 bits per heavy atom. The lowest BCUT2D eigenvalue weighted by Crippen LogP contribution is -2.08. The molecule has 3 nitrogen and oxygen atoms in total. The van der Waals surface area contributed by atoms with Crippen molar-refractivity contribution in [2.45, 2.75) is 0 Å². The van der Waals surface area contributed by atoms with Crippen molar-refractivity contribution in [2.75, 3.05) is 24.3 Å². The molecule has 1 amide bonds. The quantitative estimate of drug-likeness (QED) is 0.711. The van der Waals surface area contributed by atoms with Gasteiger partial charge in [-0.25, -0.2) is 0 Å². The van der Waals surface area contributed by atoms with Gasteiger partial charge in [0.05, 0.1) is 0 Å². The van der Waals surface area contributed by atoms with Gasteiger partial charge in [0.1, 0.15) is 0 Å². The summed E-state index contributed by atoms with van der Waals surface area (Å²) in [6.07, 6.45) is 0. The van der Waals surface area contributed by atoms with E-state index >= 15 is 0 Å². The largest absolute Gasteiger partial charge is 0.378 e. The van der Waals surface area contributed by atoms with Crippen LogP contribution in [0.15, 0.2) is 24.3 Å². The Hall–Kier alpha value is -1.16. The van der Waals surface area contributed by atoms with Crippen LogP contribution < -0.4 is 10.2 Å². The van der Waals surface area contributed by atoms with Gasteiger partial charge in [0, 0.05) is 25.5 Å². The van der Waals surface area contributed by atoms with Gasteiger partial charge in [0.2, 0.25) is 0 Å². The molecule has 0 unspecified atom stereocenters. The first-order valence-corrected chi connectivity index (χ1v) is 4.31. The summed E-state index contributed by atoms with van der Waals surface area (Å²) in [5, 5.41) is 2.23. The third kappa shape index (κ3) is 2.99. The van der Waals surface area contributed by atoms with E-state index in [1.54, 1.807) is 0 Å². The van der Waals surface area contributed by atoms with Gasteiger partial charge in [-0.05, 0) is 24.3 Å². The van der Waals surface area contributed by atoms with E-state index in [-0.39, 0.29) is 5.24 Å². The highest BCUT2D eigenvalue weighted by atomic mass is 32.1. The molecule has 4 heteroatoms. The molecule has 0 saturated heterocycles. The van der Waals surface area contributed by atoms with E-state index in [1.165, 1.54) is 0 Å². The van der Waals surface area contributed by atoms with E-state index in [2.05, 4.69) is 17.9 Å². The lowest BCUT2D eigenvalue weighted by atomic mass is 10.3. The molecule has 0 atom stereocenters. The minimum atomic E-state index is -0.349. The number of carbonyl (C=O) groups excluding carboxylic acids is 1. The fraction of sp³-hybridized carbons (Fsp3) is 0.222. The molecule has 0 fully saturated rings. The summed E-state index contributed by atoms with van der Waals surface area (Å²) in [6.45, 7) is 0. The number of hydrogen-bond acceptors (Lipinski definition) is 2. The van der Waals surface area contributed by atoms with Crippen molar-refractivity contribution in [3.8, 4) is 0 Å². The SMILES string of the molecule is CN(C)c1ccc(NC(=O)S)cc1. The summed E-state index contributed by atoms with van der Waals surface area (Å²) in [7, 11) is 3.93. The predicted octanol–water partition coefficient (Wildman–Crippen LogP) is 2.21. The molecule has 0 spiro atoms. The third-order valence-corrected chi connectivity index (χ3v) is 1.75. The molecule has 0 radical (unpaired) electrons. The van der Waals surface area contributed by atoms with Crippen LogP contribution in [0.1, 0.15) is 0 Å². The highest BCUT2D eigenvalue weighted by Crippen LogP contribution is 2.15. The number of benzene rings is 1. The Kier molecular flexibility index (Phi) is 3.19. The maximum absolute atomic E-state index is 10.6. The van der Waals surface area contributed by atoms with E-state index in [9.17, 15) is 4.79 Å². The lowest BCUT2D eigenvalue weighted by molar-refractivity contribution is 0.270. The van der Waals surface area contributed by atoms with Crippen LogP contribution in [0.4, 0.5) is 16.2 Å². The molecule has 1 rings (SSSR count). The Balaban J connectivity index is 2.75. The van der Waals surface area contributed by atoms with E-state index in [0.29, 0.717) is 0 Å². The average Bonchev–Trinajstić information content (AvgIpc) is 2.04. The van der Waals surface area contributed by atoms with E-state index in [4.69, 9.17) is 0 Å². The maximum atomic E-state index is 10.6. The van der Waals surface area contributed by atoms with Crippen LogP contribution in [0.3, 0.4) is 0 Å². The molecule has 13 heavy (non-hydrogen) atoms. The van der Waals surface area contributed by atoms with Crippen molar-refractivity contribution < 1.29 is 4.79 Å². The molecule has 1 aromatic carbocycles. The predicted molar refractivity (Wildman–Crippen MR) is 58.8 cm³/mol. The zero-order valence-corrected chi connectivity index (χ0v) is 8.51. The number of hydrogen-bond donors (Lipinski definition) is 2. The number of rotatable bonds is 2. The van der Waals surface area contributed by atoms with Crippen LogP contribution in [-0.4, -0.2) is 19.3 Å². The van der Waals surface area contributed by atoms with E-state index < -0.39 is 0 Å². The first-order chi connectivity index (χ1) is 6.09. The zero-order valence-electron chi connectivity index (χ0n) is 7.61. The number of thiol groups is 1. The second-order valence-corrected chi connectivity index (χ2v) is 3.28. The highest BCUT2D eigenvalue weighted by Gasteiger charge is 1.97. The number of nitrogens with one attached hydrogen (secondary N) is 1. The smallest absolute Gasteiger partial charge is 0.280 e. The van der Waals surface area contributed by atoms with Crippen molar-refractivity contribution in [1.82, 2.24) is 0 Å². The lowest BCUT2D eigenvalue weighted by Gasteiger charge is -2.12. The fourth-order valence-electron chi connectivity index (χ4n) is 0.966. The molecule has 70 valence electrons. The molecule has 0 aromatic heterocycles. The highest BCUT2D eigenvalue weighted by molar-refractivity contribution is 7.96. The first kappa shape index (κ1) is 9.92. The van der Waals surface area contributed by atoms with E-state index in [1.807, 2.05) is 43.3 Å². The van der Waals surface area contributed by atoms with Crippen molar-refractivity contribution in [3.05, 3.63) is 24.3 Å². The van der Waals surface area contributed by atoms with Gasteiger partial charge in [-0.1, -0.05) is 12.6 Å². The van der Waals surface area contributed by atoms with Gasteiger partial charge in [-0.3, -0.25) is 4.79 Å². The van der Waals surface area contributed by atoms with Crippen LogP contribution in [0.5, 0.6) is 0 Å². The number of carbonyl (C=O) groups is 1. The summed E-state index contributed by atoms with van der Waals surface area (Å²) < 4.78 is 0. The number of nitrogens with zero attached hydrogens (tertiary/aromatic N) is 1. The van der Waals surface area contributed by atoms with Gasteiger partial charge in [0.25, 0.3) is 5.24 Å². The summed E-state index contributed by atoms with van der Waals surface area (Å²) in [6, 6.07) is 7.53. The van der Waals surface area contributed by atoms with Crippen molar-refractivity contribution >= 4 is 29.2 Å². The normalized spacial score (nSPS) is 9.46. The third-order valence-electron chi connectivity index (χ3n) is 1.63. The van der Waals surface area contributed by atoms with E-state index in [0.717, 1.165) is 11.4 Å². The summed E-state index contributed by atoms with van der Waals surface area (Å²) in [5.74, 6) is 0. The van der Waals surface area contributed by atoms with Crippen LogP contribution in [0.2, 0.25) is 0 Å². The molecule has 1 aromatic rings. The second-order valence-electron chi connectivity index (χ2n) is 2.87. The van der Waals surface area contributed by atoms with Gasteiger partial charge in [0.15, 0.2) is 0 Å². The molecular formula is C9H12N2OS. The van der Waals surface area contributed by atoms with Gasteiger partial charge < -0.3 is 10.2 Å². The van der Waals surface area contributed by atoms with Crippen LogP contribution in [0.25, 0.3) is 0 Å². The Morgan fingerprint density at radius 2 is 1.85 bits per heavy atom. The Bertz CT molecular complexity index is 295. The Labute approximate surface area is 83.2 Å². The van der Waals surface area contributed by atoms with Crippen LogP contribution >= 0.6 is 12.6 Å². The molecule has 0 aliphatic carbocycles. The molecule has 0 bridgehead atoms. The molecule has 0 aliphatic heterocycles. The summed E-state index contributed by atoms with van der Waals surface area (Å²) in [5.41, 5.74) is 1.85. The number of amides is 1. The van der Waals surface area contributed by atoms with Gasteiger partial charge in [-0.2, -0.15) is 0 Å². The summed E-state index contributed by atoms with van der Waals surface area (Å²) in [4.78, 5) is 12.6. The topological polar surface area (TPSA) is 32.3 Å². The Morgan fingerprint density at radius 1 is 1.31 bits per heavy atom. The minimum Gasteiger partial charge on any atom is -0.378 e. The molecule has 0 heterocycles. The van der Waals surface area contributed by atoms with Crippen molar-refractivity contribution in [2.24, 2.45) is 0 Å². The second kappa shape index (κ2) is 4.18. The van der Waals surface area contributed by atoms with Crippen molar-refractivity contribution in [1.29, 1.82) is 0 Å². The van der Waals surface area contributed by atoms with Gasteiger partial charge in [-0.15, -0.1) is 0 Å². The standard InChI is InChI=1S/C9H12N2OS/c1-11(2)8-5-3-7(4-6-8)10-9(12)13/h3-6H,1-2H3,(H2,10,12,13). The molecular weight excluding hydrogens is 184 g/mol. The summed E-state index contributed by atoms with van der Waals surface area (Å²) >= 11 is 3.62. The maximum Gasteiger partial charge on any atom is 0.280 e. The average molecular weight is 196 g/mol. The fourth-order valence-corrected chi connectivity index (χ4v) is 1.10. The minimum absolute atomic E-state index is 0.349. The number of anilines is 2. The van der Waals surface area contributed by atoms with Crippen molar-refractivity contribution in [3.63, 3.8) is 0 Å². The monoisotopic (exact) mass is 196 g/mol. The molecule has 0 aliphatic rings. The van der Waals surface area contributed by atoms with Crippen LogP contribution in [-0.2, 0) is 0 Å². The zero-order chi connectivity index (χ0) is 9.84.